The van der Waals surface area contributed by atoms with Crippen LogP contribution in [-0.4, -0.2) is 9.55 Å². The van der Waals surface area contributed by atoms with Crippen molar-refractivity contribution in [2.45, 2.75) is 0 Å². The van der Waals surface area contributed by atoms with E-state index in [-0.39, 0.29) is 0 Å². The van der Waals surface area contributed by atoms with Crippen LogP contribution >= 0.6 is 0 Å². The molecule has 0 aliphatic carbocycles. The average molecular weight is 729 g/mol. The number of pyridine rings is 1. The molecule has 0 spiro atoms. The van der Waals surface area contributed by atoms with Crippen molar-refractivity contribution < 1.29 is 0 Å². The van der Waals surface area contributed by atoms with Gasteiger partial charge in [-0.2, -0.15) is 0 Å². The molecule has 0 radical (unpaired) electrons. The highest BCUT2D eigenvalue weighted by Gasteiger charge is 2.21. The molecule has 0 saturated heterocycles. The van der Waals surface area contributed by atoms with Crippen LogP contribution in [0.15, 0.2) is 219 Å². The van der Waals surface area contributed by atoms with Crippen molar-refractivity contribution in [3.63, 3.8) is 0 Å². The Hall–Kier alpha value is -7.69. The van der Waals surface area contributed by atoms with Crippen LogP contribution in [0.1, 0.15) is 0 Å². The van der Waals surface area contributed by atoms with E-state index >= 15 is 0 Å². The van der Waals surface area contributed by atoms with E-state index in [1.54, 1.807) is 0 Å². The zero-order valence-electron chi connectivity index (χ0n) is 31.1. The second kappa shape index (κ2) is 13.6. The van der Waals surface area contributed by atoms with Crippen LogP contribution in [0, 0.1) is 0 Å². The van der Waals surface area contributed by atoms with E-state index in [0.717, 1.165) is 50.8 Å². The third-order valence-corrected chi connectivity index (χ3v) is 11.2. The van der Waals surface area contributed by atoms with E-state index in [9.17, 15) is 0 Å². The lowest BCUT2D eigenvalue weighted by molar-refractivity contribution is 1.14. The predicted molar refractivity (Wildman–Crippen MR) is 240 cm³/mol. The standard InChI is InChI=1S/C53H36N4/c1-3-16-38(17-4-1)55(42-29-31-52-50(34-42)48-26-11-12-27-51(48)57(52)43-22-14-32-54-36-43)40-20-13-21-41(33-40)56(39-18-5-2-6-19-39)53-35-49-44-23-8-7-15-37(44)28-30-46(49)45-24-9-10-25-47(45)53/h1-36H. The van der Waals surface area contributed by atoms with E-state index in [0.29, 0.717) is 0 Å². The smallest absolute Gasteiger partial charge is 0.0645 e. The third-order valence-electron chi connectivity index (χ3n) is 11.2. The molecule has 4 nitrogen and oxygen atoms in total. The monoisotopic (exact) mass is 728 g/mol. The van der Waals surface area contributed by atoms with Crippen molar-refractivity contribution in [2.24, 2.45) is 0 Å². The molecular weight excluding hydrogens is 693 g/mol. The Morgan fingerprint density at radius 3 is 1.70 bits per heavy atom. The van der Waals surface area contributed by atoms with Gasteiger partial charge in [0.15, 0.2) is 0 Å². The molecule has 2 heterocycles. The largest absolute Gasteiger partial charge is 0.310 e. The Kier molecular flexibility index (Phi) is 7.78. The van der Waals surface area contributed by atoms with Gasteiger partial charge in [0.2, 0.25) is 0 Å². The summed E-state index contributed by atoms with van der Waals surface area (Å²) in [6.45, 7) is 0. The lowest BCUT2D eigenvalue weighted by Crippen LogP contribution is -2.13. The van der Waals surface area contributed by atoms with Gasteiger partial charge in [-0.25, -0.2) is 0 Å². The Balaban J connectivity index is 1.13. The Morgan fingerprint density at radius 2 is 0.930 bits per heavy atom. The fourth-order valence-electron chi connectivity index (χ4n) is 8.69. The van der Waals surface area contributed by atoms with Gasteiger partial charge in [0.05, 0.1) is 28.6 Å². The van der Waals surface area contributed by atoms with E-state index in [1.807, 2.05) is 18.5 Å². The molecule has 0 fully saturated rings. The minimum Gasteiger partial charge on any atom is -0.310 e. The quantitative estimate of drug-likeness (QED) is 0.153. The van der Waals surface area contributed by atoms with Crippen LogP contribution in [0.25, 0.3) is 59.8 Å². The fourth-order valence-corrected chi connectivity index (χ4v) is 8.69. The number of hydrogen-bond acceptors (Lipinski definition) is 3. The van der Waals surface area contributed by atoms with Crippen LogP contribution in [0.3, 0.4) is 0 Å². The normalized spacial score (nSPS) is 11.5. The molecule has 57 heavy (non-hydrogen) atoms. The third kappa shape index (κ3) is 5.50. The van der Waals surface area contributed by atoms with E-state index in [2.05, 4.69) is 220 Å². The highest BCUT2D eigenvalue weighted by molar-refractivity contribution is 6.21. The number of aromatic nitrogens is 2. The molecular formula is C53H36N4. The minimum absolute atomic E-state index is 1.04. The zero-order valence-corrected chi connectivity index (χ0v) is 31.1. The summed E-state index contributed by atoms with van der Waals surface area (Å²) >= 11 is 0. The van der Waals surface area contributed by atoms with Crippen LogP contribution in [0.2, 0.25) is 0 Å². The molecule has 0 atom stereocenters. The van der Waals surface area contributed by atoms with E-state index in [1.165, 1.54) is 43.1 Å². The van der Waals surface area contributed by atoms with Crippen LogP contribution in [0.4, 0.5) is 34.1 Å². The number of benzene rings is 9. The van der Waals surface area contributed by atoms with Gasteiger partial charge >= 0.3 is 0 Å². The highest BCUT2D eigenvalue weighted by Crippen LogP contribution is 2.46. The van der Waals surface area contributed by atoms with Gasteiger partial charge in [-0.15, -0.1) is 0 Å². The summed E-state index contributed by atoms with van der Waals surface area (Å²) in [5.41, 5.74) is 9.85. The highest BCUT2D eigenvalue weighted by atomic mass is 15.2. The first-order valence-corrected chi connectivity index (χ1v) is 19.4. The van der Waals surface area contributed by atoms with Gasteiger partial charge in [0.1, 0.15) is 0 Å². The zero-order chi connectivity index (χ0) is 37.7. The summed E-state index contributed by atoms with van der Waals surface area (Å²) in [5, 5.41) is 9.80. The van der Waals surface area contributed by atoms with Gasteiger partial charge in [-0.3, -0.25) is 4.98 Å². The molecule has 0 aliphatic heterocycles. The minimum atomic E-state index is 1.04. The van der Waals surface area contributed by atoms with Crippen molar-refractivity contribution in [1.29, 1.82) is 0 Å². The average Bonchev–Trinajstić information content (AvgIpc) is 3.61. The molecule has 0 unspecified atom stereocenters. The molecule has 0 N–H and O–H groups in total. The molecule has 268 valence electrons. The molecule has 2 aromatic heterocycles. The van der Waals surface area contributed by atoms with Gasteiger partial charge in [-0.1, -0.05) is 121 Å². The molecule has 4 heteroatoms. The lowest BCUT2D eigenvalue weighted by atomic mass is 9.95. The maximum atomic E-state index is 4.46. The Bertz CT molecular complexity index is 3250. The summed E-state index contributed by atoms with van der Waals surface area (Å²) < 4.78 is 2.31. The molecule has 0 bridgehead atoms. The Morgan fingerprint density at radius 1 is 0.333 bits per heavy atom. The number of rotatable bonds is 7. The van der Waals surface area contributed by atoms with Gasteiger partial charge in [0.25, 0.3) is 0 Å². The molecule has 11 rings (SSSR count). The maximum absolute atomic E-state index is 4.46. The first-order chi connectivity index (χ1) is 28.3. The number of fused-ring (bicyclic) bond motifs is 8. The summed E-state index contributed by atoms with van der Waals surface area (Å²) in [6.07, 6.45) is 3.76. The van der Waals surface area contributed by atoms with Crippen LogP contribution < -0.4 is 9.80 Å². The SMILES string of the molecule is c1ccc(N(c2cccc(N(c3ccccc3)c3cc4c5ccccc5ccc4c4ccccc34)c2)c2ccc3c(c2)c2ccccc2n3-c2cccnc2)cc1. The van der Waals surface area contributed by atoms with Crippen LogP contribution in [-0.2, 0) is 0 Å². The Labute approximate surface area is 330 Å². The molecule has 9 aromatic carbocycles. The van der Waals surface area contributed by atoms with Crippen molar-refractivity contribution >= 4 is 88.2 Å². The van der Waals surface area contributed by atoms with Gasteiger partial charge < -0.3 is 14.4 Å². The molecule has 11 aromatic rings. The maximum Gasteiger partial charge on any atom is 0.0645 e. The summed E-state index contributed by atoms with van der Waals surface area (Å²) in [7, 11) is 0. The fraction of sp³-hybridized carbons (Fsp3) is 0. The van der Waals surface area contributed by atoms with Crippen molar-refractivity contribution in [3.8, 4) is 5.69 Å². The van der Waals surface area contributed by atoms with Crippen molar-refractivity contribution in [2.75, 3.05) is 9.80 Å². The molecule has 0 saturated carbocycles. The predicted octanol–water partition coefficient (Wildman–Crippen LogP) is 14.6. The van der Waals surface area contributed by atoms with Crippen LogP contribution in [0.5, 0.6) is 0 Å². The second-order valence-corrected chi connectivity index (χ2v) is 14.5. The van der Waals surface area contributed by atoms with E-state index in [4.69, 9.17) is 0 Å². The first kappa shape index (κ1) is 32.7. The van der Waals surface area contributed by atoms with Gasteiger partial charge in [0, 0.05) is 50.8 Å². The summed E-state index contributed by atoms with van der Waals surface area (Å²) in [4.78, 5) is 9.24. The first-order valence-electron chi connectivity index (χ1n) is 19.4. The van der Waals surface area contributed by atoms with E-state index < -0.39 is 0 Å². The van der Waals surface area contributed by atoms with Crippen molar-refractivity contribution in [3.05, 3.63) is 219 Å². The van der Waals surface area contributed by atoms with Crippen molar-refractivity contribution in [1.82, 2.24) is 9.55 Å². The number of hydrogen-bond donors (Lipinski definition) is 0. The number of para-hydroxylation sites is 3. The lowest BCUT2D eigenvalue weighted by Gasteiger charge is -2.30. The molecule has 0 aliphatic rings. The number of anilines is 6. The molecule has 0 amide bonds. The second-order valence-electron chi connectivity index (χ2n) is 14.5. The number of nitrogens with zero attached hydrogens (tertiary/aromatic N) is 4. The summed E-state index contributed by atoms with van der Waals surface area (Å²) in [6, 6.07) is 74.4. The summed E-state index contributed by atoms with van der Waals surface area (Å²) in [5.74, 6) is 0. The topological polar surface area (TPSA) is 24.3 Å². The van der Waals surface area contributed by atoms with Gasteiger partial charge in [-0.05, 0) is 112 Å².